The van der Waals surface area contributed by atoms with E-state index in [0.29, 0.717) is 6.04 Å². The second-order valence-electron chi connectivity index (χ2n) is 2.74. The van der Waals surface area contributed by atoms with Gasteiger partial charge >= 0.3 is 0 Å². The normalized spacial score (nSPS) is 11.5. The van der Waals surface area contributed by atoms with Crippen molar-refractivity contribution in [1.29, 1.82) is 0 Å². The minimum atomic E-state index is 0.499. The Morgan fingerprint density at radius 3 is 2.18 bits per heavy atom. The summed E-state index contributed by atoms with van der Waals surface area (Å²) in [4.78, 5) is 2.15. The van der Waals surface area contributed by atoms with E-state index < -0.39 is 0 Å². The van der Waals surface area contributed by atoms with Crippen LogP contribution in [-0.4, -0.2) is 18.0 Å². The van der Waals surface area contributed by atoms with Crippen LogP contribution in [0.1, 0.15) is 13.8 Å². The van der Waals surface area contributed by atoms with Gasteiger partial charge in [0.2, 0.25) is 0 Å². The molecule has 0 bridgehead atoms. The number of likely N-dealkylation sites (N-methyl/N-ethyl adjacent to an activating group) is 1. The number of allylic oxidation sites excluding steroid dienone is 3. The maximum absolute atomic E-state index is 3.73. The van der Waals surface area contributed by atoms with E-state index in [1.807, 2.05) is 19.2 Å². The highest BCUT2D eigenvalue weighted by atomic mass is 15.1. The van der Waals surface area contributed by atoms with E-state index in [0.717, 1.165) is 5.70 Å². The lowest BCUT2D eigenvalue weighted by molar-refractivity contribution is 0.355. The first kappa shape index (κ1) is 10.0. The lowest BCUT2D eigenvalue weighted by Crippen LogP contribution is -2.24. The highest BCUT2D eigenvalue weighted by Crippen LogP contribution is 2.06. The molecule has 0 heterocycles. The number of hydrogen-bond acceptors (Lipinski definition) is 1. The van der Waals surface area contributed by atoms with Gasteiger partial charge in [0.05, 0.1) is 0 Å². The van der Waals surface area contributed by atoms with E-state index in [2.05, 4.69) is 31.9 Å². The van der Waals surface area contributed by atoms with Gasteiger partial charge in [0, 0.05) is 18.8 Å². The van der Waals surface area contributed by atoms with Crippen molar-refractivity contribution >= 4 is 0 Å². The van der Waals surface area contributed by atoms with Gasteiger partial charge in [-0.2, -0.15) is 0 Å². The summed E-state index contributed by atoms with van der Waals surface area (Å²) >= 11 is 0. The summed E-state index contributed by atoms with van der Waals surface area (Å²) in [6, 6.07) is 0.499. The molecule has 0 atom stereocenters. The summed E-state index contributed by atoms with van der Waals surface area (Å²) in [5.41, 5.74) is 1.11. The first-order chi connectivity index (χ1) is 5.13. The minimum absolute atomic E-state index is 0.499. The minimum Gasteiger partial charge on any atom is -0.372 e. The predicted molar refractivity (Wildman–Crippen MR) is 51.4 cm³/mol. The third-order valence-corrected chi connectivity index (χ3v) is 1.68. The van der Waals surface area contributed by atoms with Crippen molar-refractivity contribution in [2.75, 3.05) is 7.05 Å². The Labute approximate surface area is 69.7 Å². The fraction of sp³-hybridized carbons (Fsp3) is 0.400. The van der Waals surface area contributed by atoms with Crippen molar-refractivity contribution in [3.8, 4) is 0 Å². The highest BCUT2D eigenvalue weighted by molar-refractivity contribution is 5.19. The van der Waals surface area contributed by atoms with E-state index in [9.17, 15) is 0 Å². The molecule has 0 rings (SSSR count). The molecule has 0 aromatic carbocycles. The molecule has 0 amide bonds. The van der Waals surface area contributed by atoms with Crippen LogP contribution in [0.25, 0.3) is 0 Å². The molecule has 0 radical (unpaired) electrons. The predicted octanol–water partition coefficient (Wildman–Crippen LogP) is 2.58. The van der Waals surface area contributed by atoms with Crippen LogP contribution in [0.5, 0.6) is 0 Å². The van der Waals surface area contributed by atoms with Gasteiger partial charge in [-0.3, -0.25) is 0 Å². The summed E-state index contributed by atoms with van der Waals surface area (Å²) in [5, 5.41) is 0. The molecule has 0 unspecified atom stereocenters. The molecule has 11 heavy (non-hydrogen) atoms. The van der Waals surface area contributed by atoms with Crippen molar-refractivity contribution in [3.63, 3.8) is 0 Å². The average Bonchev–Trinajstić information content (AvgIpc) is 1.98. The summed E-state index contributed by atoms with van der Waals surface area (Å²) in [6.07, 6.45) is 5.56. The quantitative estimate of drug-likeness (QED) is 0.558. The van der Waals surface area contributed by atoms with Crippen LogP contribution in [0, 0.1) is 0 Å². The lowest BCUT2D eigenvalue weighted by Gasteiger charge is -2.24. The Bertz CT molecular complexity index is 166. The fourth-order valence-electron chi connectivity index (χ4n) is 0.748. The van der Waals surface area contributed by atoms with Crippen molar-refractivity contribution in [3.05, 3.63) is 37.1 Å². The highest BCUT2D eigenvalue weighted by Gasteiger charge is 2.02. The van der Waals surface area contributed by atoms with Crippen LogP contribution in [0.3, 0.4) is 0 Å². The van der Waals surface area contributed by atoms with Gasteiger partial charge in [-0.15, -0.1) is 0 Å². The van der Waals surface area contributed by atoms with Crippen LogP contribution >= 0.6 is 0 Å². The monoisotopic (exact) mass is 151 g/mol. The van der Waals surface area contributed by atoms with E-state index in [1.54, 1.807) is 6.08 Å². The Morgan fingerprint density at radius 2 is 1.91 bits per heavy atom. The Kier molecular flexibility index (Phi) is 4.35. The average molecular weight is 151 g/mol. The molecular weight excluding hydrogens is 134 g/mol. The first-order valence-corrected chi connectivity index (χ1v) is 3.81. The van der Waals surface area contributed by atoms with Crippen LogP contribution in [-0.2, 0) is 0 Å². The summed E-state index contributed by atoms with van der Waals surface area (Å²) < 4.78 is 0. The lowest BCUT2D eigenvalue weighted by atomic mass is 10.2. The maximum atomic E-state index is 3.73. The second kappa shape index (κ2) is 4.78. The van der Waals surface area contributed by atoms with Gasteiger partial charge in [-0.25, -0.2) is 0 Å². The summed E-state index contributed by atoms with van der Waals surface area (Å²) in [5.74, 6) is 0. The first-order valence-electron chi connectivity index (χ1n) is 3.81. The second-order valence-corrected chi connectivity index (χ2v) is 2.74. The van der Waals surface area contributed by atoms with Crippen LogP contribution in [0.2, 0.25) is 0 Å². The van der Waals surface area contributed by atoms with E-state index in [1.165, 1.54) is 0 Å². The van der Waals surface area contributed by atoms with Gasteiger partial charge < -0.3 is 4.90 Å². The maximum Gasteiger partial charge on any atom is 0.0359 e. The molecule has 0 aromatic rings. The number of hydrogen-bond donors (Lipinski definition) is 0. The van der Waals surface area contributed by atoms with E-state index >= 15 is 0 Å². The molecular formula is C10H17N. The van der Waals surface area contributed by atoms with Crippen molar-refractivity contribution in [2.45, 2.75) is 19.9 Å². The van der Waals surface area contributed by atoms with Gasteiger partial charge in [-0.1, -0.05) is 19.2 Å². The standard InChI is InChI=1S/C10H17N/c1-6-8-10(7-2)11(5)9(3)4/h6-9H,1-2H2,3-5H3/b10-8+. The number of rotatable bonds is 4. The zero-order chi connectivity index (χ0) is 8.85. The van der Waals surface area contributed by atoms with E-state index in [4.69, 9.17) is 0 Å². The van der Waals surface area contributed by atoms with Crippen LogP contribution in [0.4, 0.5) is 0 Å². The van der Waals surface area contributed by atoms with Gasteiger partial charge in [-0.05, 0) is 26.0 Å². The Morgan fingerprint density at radius 1 is 1.36 bits per heavy atom. The van der Waals surface area contributed by atoms with Gasteiger partial charge in [0.1, 0.15) is 0 Å². The third kappa shape index (κ3) is 3.08. The van der Waals surface area contributed by atoms with Gasteiger partial charge in [0.25, 0.3) is 0 Å². The van der Waals surface area contributed by atoms with Crippen molar-refractivity contribution in [1.82, 2.24) is 4.90 Å². The number of nitrogens with zero attached hydrogens (tertiary/aromatic N) is 1. The summed E-state index contributed by atoms with van der Waals surface area (Å²) in [6.45, 7) is 11.6. The molecule has 0 spiro atoms. The molecule has 0 aliphatic rings. The largest absolute Gasteiger partial charge is 0.372 e. The Balaban J connectivity index is 4.37. The fourth-order valence-corrected chi connectivity index (χ4v) is 0.748. The van der Waals surface area contributed by atoms with Crippen molar-refractivity contribution < 1.29 is 0 Å². The molecule has 0 N–H and O–H groups in total. The molecule has 62 valence electrons. The van der Waals surface area contributed by atoms with E-state index in [-0.39, 0.29) is 0 Å². The molecule has 0 aromatic heterocycles. The third-order valence-electron chi connectivity index (χ3n) is 1.68. The summed E-state index contributed by atoms with van der Waals surface area (Å²) in [7, 11) is 2.04. The van der Waals surface area contributed by atoms with Gasteiger partial charge in [0.15, 0.2) is 0 Å². The topological polar surface area (TPSA) is 3.24 Å². The van der Waals surface area contributed by atoms with Crippen LogP contribution < -0.4 is 0 Å². The molecule has 1 heteroatoms. The molecule has 0 fully saturated rings. The SMILES string of the molecule is C=C/C=C(\C=C)N(C)C(C)C. The van der Waals surface area contributed by atoms with Crippen molar-refractivity contribution in [2.24, 2.45) is 0 Å². The molecule has 0 aliphatic heterocycles. The Hall–Kier alpha value is -0.980. The molecule has 0 saturated heterocycles. The zero-order valence-electron chi connectivity index (χ0n) is 7.67. The zero-order valence-corrected chi connectivity index (χ0v) is 7.67. The molecule has 1 nitrogen and oxygen atoms in total. The molecule has 0 aliphatic carbocycles. The molecule has 0 saturated carbocycles. The smallest absolute Gasteiger partial charge is 0.0359 e. The van der Waals surface area contributed by atoms with Crippen LogP contribution in [0.15, 0.2) is 37.1 Å².